The Balaban J connectivity index is 1.69. The number of benzene rings is 1. The van der Waals surface area contributed by atoms with E-state index in [0.29, 0.717) is 6.61 Å². The van der Waals surface area contributed by atoms with Gasteiger partial charge in [-0.25, -0.2) is 4.79 Å². The van der Waals surface area contributed by atoms with Gasteiger partial charge in [0, 0.05) is 0 Å². The van der Waals surface area contributed by atoms with Crippen molar-refractivity contribution in [3.8, 4) is 5.75 Å². The highest BCUT2D eigenvalue weighted by Crippen LogP contribution is 2.19. The SMILES string of the molecule is CCCCCCCCCCCCCCCCCCCCCCCCCCCCCCOOc1ccccc1C(=O)O. The molecule has 0 fully saturated rings. The van der Waals surface area contributed by atoms with E-state index in [0.717, 1.165) is 12.8 Å². The molecule has 1 rings (SSSR count). The first-order valence-corrected chi connectivity index (χ1v) is 17.9. The average molecular weight is 575 g/mol. The zero-order chi connectivity index (χ0) is 29.5. The Bertz CT molecular complexity index is 689. The van der Waals surface area contributed by atoms with Gasteiger partial charge in [-0.3, -0.25) is 0 Å². The molecular weight excluding hydrogens is 508 g/mol. The monoisotopic (exact) mass is 574 g/mol. The molecule has 0 radical (unpaired) electrons. The minimum Gasteiger partial charge on any atom is -0.478 e. The van der Waals surface area contributed by atoms with Gasteiger partial charge in [-0.15, -0.1) is 0 Å². The van der Waals surface area contributed by atoms with Gasteiger partial charge in [0.15, 0.2) is 5.75 Å². The summed E-state index contributed by atoms with van der Waals surface area (Å²) in [5.74, 6) is -0.741. The number of carboxylic acid groups (broad SMARTS) is 1. The molecule has 1 N–H and O–H groups in total. The van der Waals surface area contributed by atoms with Gasteiger partial charge in [0.1, 0.15) is 5.56 Å². The lowest BCUT2D eigenvalue weighted by Crippen LogP contribution is -2.05. The van der Waals surface area contributed by atoms with Gasteiger partial charge < -0.3 is 9.99 Å². The van der Waals surface area contributed by atoms with Crippen molar-refractivity contribution in [2.24, 2.45) is 0 Å². The standard InChI is InChI=1S/C37H66O4/c1-2-3-4-5-6-7-8-9-10-11-12-13-14-15-16-17-18-19-20-21-22-23-24-25-26-27-28-31-34-40-41-36-33-30-29-32-35(36)37(38)39/h29-30,32-33H,2-28,31,34H2,1H3,(H,38,39). The molecule has 0 aromatic heterocycles. The Labute approximate surface area is 254 Å². The maximum atomic E-state index is 11.2. The quantitative estimate of drug-likeness (QED) is 0.0528. The first kappa shape index (κ1) is 37.5. The van der Waals surface area contributed by atoms with Crippen LogP contribution in [0.1, 0.15) is 197 Å². The van der Waals surface area contributed by atoms with Gasteiger partial charge in [0.2, 0.25) is 0 Å². The zero-order valence-electron chi connectivity index (χ0n) is 27.0. The number of aromatic carboxylic acids is 1. The first-order chi connectivity index (χ1) is 20.3. The highest BCUT2D eigenvalue weighted by molar-refractivity contribution is 5.90. The molecule has 0 spiro atoms. The van der Waals surface area contributed by atoms with E-state index in [4.69, 9.17) is 14.9 Å². The molecule has 0 saturated heterocycles. The molecule has 0 heterocycles. The molecule has 0 bridgehead atoms. The first-order valence-electron chi connectivity index (χ1n) is 17.9. The Hall–Kier alpha value is -1.55. The smallest absolute Gasteiger partial charge is 0.339 e. The van der Waals surface area contributed by atoms with Crippen LogP contribution in [0.5, 0.6) is 5.75 Å². The molecule has 1 aromatic rings. The number of unbranched alkanes of at least 4 members (excludes halogenated alkanes) is 27. The lowest BCUT2D eigenvalue weighted by Gasteiger charge is -2.07. The predicted octanol–water partition coefficient (Wildman–Crippen LogP) is 12.6. The van der Waals surface area contributed by atoms with Crippen LogP contribution >= 0.6 is 0 Å². The molecule has 0 unspecified atom stereocenters. The van der Waals surface area contributed by atoms with Crippen LogP contribution < -0.4 is 4.89 Å². The van der Waals surface area contributed by atoms with E-state index in [1.807, 2.05) is 0 Å². The topological polar surface area (TPSA) is 55.8 Å². The highest BCUT2D eigenvalue weighted by atomic mass is 17.2. The van der Waals surface area contributed by atoms with E-state index in [1.165, 1.54) is 173 Å². The number of carboxylic acids is 1. The Morgan fingerprint density at radius 1 is 0.512 bits per heavy atom. The van der Waals surface area contributed by atoms with Gasteiger partial charge in [-0.1, -0.05) is 192 Å². The van der Waals surface area contributed by atoms with Crippen molar-refractivity contribution in [2.45, 2.75) is 187 Å². The lowest BCUT2D eigenvalue weighted by atomic mass is 10.0. The van der Waals surface area contributed by atoms with Gasteiger partial charge in [0.05, 0.1) is 6.61 Å². The second kappa shape index (κ2) is 29.9. The summed E-state index contributed by atoms with van der Waals surface area (Å²) in [6.07, 6.45) is 39.1. The van der Waals surface area contributed by atoms with Gasteiger partial charge >= 0.3 is 5.97 Å². The highest BCUT2D eigenvalue weighted by Gasteiger charge is 2.10. The van der Waals surface area contributed by atoms with Crippen molar-refractivity contribution in [1.29, 1.82) is 0 Å². The number of rotatable bonds is 32. The van der Waals surface area contributed by atoms with Crippen LogP contribution in [0.2, 0.25) is 0 Å². The van der Waals surface area contributed by atoms with Gasteiger partial charge in [-0.05, 0) is 18.6 Å². The van der Waals surface area contributed by atoms with Gasteiger partial charge in [-0.2, -0.15) is 4.89 Å². The minimum atomic E-state index is -1.00. The summed E-state index contributed by atoms with van der Waals surface area (Å²) in [4.78, 5) is 21.5. The van der Waals surface area contributed by atoms with Crippen molar-refractivity contribution in [3.63, 3.8) is 0 Å². The van der Waals surface area contributed by atoms with E-state index in [2.05, 4.69) is 6.92 Å². The molecule has 41 heavy (non-hydrogen) atoms. The zero-order valence-corrected chi connectivity index (χ0v) is 27.0. The fraction of sp³-hybridized carbons (Fsp3) is 0.811. The second-order valence-corrected chi connectivity index (χ2v) is 12.3. The molecule has 0 atom stereocenters. The summed E-state index contributed by atoms with van der Waals surface area (Å²) in [6, 6.07) is 6.56. The lowest BCUT2D eigenvalue weighted by molar-refractivity contribution is -0.207. The van der Waals surface area contributed by atoms with Crippen LogP contribution in [0, 0.1) is 0 Å². The number of hydrogen-bond donors (Lipinski definition) is 1. The molecule has 0 aliphatic heterocycles. The summed E-state index contributed by atoms with van der Waals surface area (Å²) in [5, 5.41) is 9.14. The molecule has 4 heteroatoms. The van der Waals surface area contributed by atoms with E-state index in [9.17, 15) is 4.79 Å². The third-order valence-corrected chi connectivity index (χ3v) is 8.35. The molecule has 0 amide bonds. The van der Waals surface area contributed by atoms with Crippen molar-refractivity contribution >= 4 is 5.97 Å². The number of carbonyl (C=O) groups is 1. The van der Waals surface area contributed by atoms with Crippen molar-refractivity contribution in [3.05, 3.63) is 29.8 Å². The predicted molar refractivity (Wildman–Crippen MR) is 175 cm³/mol. The normalized spacial score (nSPS) is 11.2. The fourth-order valence-electron chi connectivity index (χ4n) is 5.65. The third-order valence-electron chi connectivity index (χ3n) is 8.35. The van der Waals surface area contributed by atoms with Crippen LogP contribution in [0.4, 0.5) is 0 Å². The fourth-order valence-corrected chi connectivity index (χ4v) is 5.65. The Morgan fingerprint density at radius 2 is 0.829 bits per heavy atom. The van der Waals surface area contributed by atoms with E-state index in [1.54, 1.807) is 18.2 Å². The van der Waals surface area contributed by atoms with Crippen molar-refractivity contribution in [1.82, 2.24) is 0 Å². The summed E-state index contributed by atoms with van der Waals surface area (Å²) < 4.78 is 0. The Kier molecular flexibility index (Phi) is 27.4. The Morgan fingerprint density at radius 3 is 1.17 bits per heavy atom. The average Bonchev–Trinajstić information content (AvgIpc) is 2.98. The van der Waals surface area contributed by atoms with Crippen LogP contribution in [0.3, 0.4) is 0 Å². The van der Waals surface area contributed by atoms with Crippen molar-refractivity contribution in [2.75, 3.05) is 6.61 Å². The summed E-state index contributed by atoms with van der Waals surface area (Å²) in [6.45, 7) is 2.79. The molecule has 0 saturated carbocycles. The maximum absolute atomic E-state index is 11.2. The van der Waals surface area contributed by atoms with Crippen LogP contribution in [-0.2, 0) is 4.89 Å². The van der Waals surface area contributed by atoms with E-state index >= 15 is 0 Å². The summed E-state index contributed by atoms with van der Waals surface area (Å²) >= 11 is 0. The minimum absolute atomic E-state index is 0.128. The molecule has 1 aromatic carbocycles. The van der Waals surface area contributed by atoms with E-state index in [-0.39, 0.29) is 11.3 Å². The number of hydrogen-bond acceptors (Lipinski definition) is 3. The summed E-state index contributed by atoms with van der Waals surface area (Å²) in [7, 11) is 0. The van der Waals surface area contributed by atoms with Gasteiger partial charge in [0.25, 0.3) is 0 Å². The van der Waals surface area contributed by atoms with Crippen LogP contribution in [0.15, 0.2) is 24.3 Å². The van der Waals surface area contributed by atoms with Crippen molar-refractivity contribution < 1.29 is 19.7 Å². The second-order valence-electron chi connectivity index (χ2n) is 12.3. The van der Waals surface area contributed by atoms with E-state index < -0.39 is 5.97 Å². The molecule has 238 valence electrons. The largest absolute Gasteiger partial charge is 0.478 e. The molecular formula is C37H66O4. The maximum Gasteiger partial charge on any atom is 0.339 e. The molecule has 0 aliphatic carbocycles. The van der Waals surface area contributed by atoms with Crippen LogP contribution in [0.25, 0.3) is 0 Å². The molecule has 4 nitrogen and oxygen atoms in total. The third kappa shape index (κ3) is 24.7. The number of para-hydroxylation sites is 1. The van der Waals surface area contributed by atoms with Crippen LogP contribution in [-0.4, -0.2) is 17.7 Å². The molecule has 0 aliphatic rings. The summed E-state index contributed by atoms with van der Waals surface area (Å²) in [5.41, 5.74) is 0.128.